The molecule has 36 heavy (non-hydrogen) atoms. The average molecular weight is 484 g/mol. The first-order valence-corrected chi connectivity index (χ1v) is 13.0. The topological polar surface area (TPSA) is 38.3 Å². The molecule has 2 aromatic heterocycles. The zero-order chi connectivity index (χ0) is 23.6. The second-order valence-electron chi connectivity index (χ2n) is 9.39. The molecule has 3 heterocycles. The van der Waals surface area contributed by atoms with Gasteiger partial charge in [-0.1, -0.05) is 54.6 Å². The lowest BCUT2D eigenvalue weighted by Crippen LogP contribution is -2.12. The number of anilines is 1. The molecule has 2 atom stereocenters. The molecule has 172 valence electrons. The van der Waals surface area contributed by atoms with E-state index in [9.17, 15) is 0 Å². The number of hydrogen-bond donors (Lipinski definition) is 1. The molecule has 0 amide bonds. The van der Waals surface area contributed by atoms with Gasteiger partial charge in [0.25, 0.3) is 0 Å². The van der Waals surface area contributed by atoms with Crippen molar-refractivity contribution in [3.8, 4) is 11.3 Å². The highest BCUT2D eigenvalue weighted by atomic mass is 32.2. The number of furan rings is 2. The monoisotopic (exact) mass is 483 g/mol. The lowest BCUT2D eigenvalue weighted by Gasteiger charge is -2.21. The average Bonchev–Trinajstić information content (AvgIpc) is 3.63. The van der Waals surface area contributed by atoms with E-state index in [0.29, 0.717) is 11.2 Å². The summed E-state index contributed by atoms with van der Waals surface area (Å²) in [6.07, 6.45) is 8.63. The number of rotatable bonds is 3. The summed E-state index contributed by atoms with van der Waals surface area (Å²) < 4.78 is 11.3. The van der Waals surface area contributed by atoms with Crippen LogP contribution < -0.4 is 5.32 Å². The molecule has 1 aliphatic heterocycles. The minimum absolute atomic E-state index is 0.375. The van der Waals surface area contributed by atoms with Crippen LogP contribution in [0.5, 0.6) is 0 Å². The van der Waals surface area contributed by atoms with E-state index in [0.717, 1.165) is 33.9 Å². The molecule has 2 aliphatic rings. The highest BCUT2D eigenvalue weighted by Gasteiger charge is 2.35. The molecule has 8 rings (SSSR count). The summed E-state index contributed by atoms with van der Waals surface area (Å²) >= 11 is 1.99. The normalized spacial score (nSPS) is 18.5. The van der Waals surface area contributed by atoms with Crippen molar-refractivity contribution in [3.05, 3.63) is 121 Å². The lowest BCUT2D eigenvalue weighted by atomic mass is 9.86. The Labute approximate surface area is 212 Å². The first kappa shape index (κ1) is 20.1. The highest BCUT2D eigenvalue weighted by molar-refractivity contribution is 8.00. The minimum Gasteiger partial charge on any atom is -0.461 e. The van der Waals surface area contributed by atoms with E-state index >= 15 is 0 Å². The molecule has 3 nitrogen and oxygen atoms in total. The van der Waals surface area contributed by atoms with Gasteiger partial charge in [-0.3, -0.25) is 0 Å². The summed E-state index contributed by atoms with van der Waals surface area (Å²) in [5, 5.41) is 9.41. The maximum absolute atomic E-state index is 5.88. The van der Waals surface area contributed by atoms with Gasteiger partial charge in [0.2, 0.25) is 0 Å². The van der Waals surface area contributed by atoms with Gasteiger partial charge in [-0.05, 0) is 63.5 Å². The molecule has 0 radical (unpaired) electrons. The van der Waals surface area contributed by atoms with Crippen LogP contribution >= 0.6 is 11.8 Å². The van der Waals surface area contributed by atoms with E-state index in [1.165, 1.54) is 32.0 Å². The standard InChI is InChI=1S/C32H21NO2S/c1-3-7-24-22(5-1)23-6-2-4-8-25(23)32-31(24)26-14-13-21(17-30(26)36-32)33-20-11-9-19(10-12-20)28-18-29-27(35-28)15-16-34-29/h1-18,26,30,33H. The first-order chi connectivity index (χ1) is 17.8. The van der Waals surface area contributed by atoms with Crippen molar-refractivity contribution in [3.63, 3.8) is 0 Å². The van der Waals surface area contributed by atoms with Gasteiger partial charge in [-0.2, -0.15) is 0 Å². The quantitative estimate of drug-likeness (QED) is 0.255. The Kier molecular flexibility index (Phi) is 4.28. The smallest absolute Gasteiger partial charge is 0.173 e. The summed E-state index contributed by atoms with van der Waals surface area (Å²) in [7, 11) is 0. The van der Waals surface area contributed by atoms with Crippen molar-refractivity contribution in [2.24, 2.45) is 0 Å². The zero-order valence-corrected chi connectivity index (χ0v) is 20.1. The number of hydrogen-bond acceptors (Lipinski definition) is 4. The van der Waals surface area contributed by atoms with Crippen molar-refractivity contribution in [2.75, 3.05) is 5.32 Å². The third kappa shape index (κ3) is 3.01. The molecule has 0 fully saturated rings. The van der Waals surface area contributed by atoms with Crippen LogP contribution in [0.1, 0.15) is 11.5 Å². The van der Waals surface area contributed by atoms with E-state index in [2.05, 4.69) is 96.3 Å². The number of thioether (sulfide) groups is 1. The molecule has 6 aromatic rings. The van der Waals surface area contributed by atoms with Crippen LogP contribution in [0.15, 0.2) is 129 Å². The first-order valence-electron chi connectivity index (χ1n) is 12.2. The molecule has 0 spiro atoms. The van der Waals surface area contributed by atoms with Gasteiger partial charge >= 0.3 is 0 Å². The van der Waals surface area contributed by atoms with Crippen LogP contribution in [0.25, 0.3) is 44.0 Å². The Hall–Kier alpha value is -4.15. The SMILES string of the molecule is C1=CC2c3c(c4ccccc4c4ccccc34)SC2C=C1Nc1ccc(-c2cc3occc3o2)cc1. The van der Waals surface area contributed by atoms with Crippen LogP contribution in [0.2, 0.25) is 0 Å². The van der Waals surface area contributed by atoms with Crippen LogP contribution in [0.3, 0.4) is 0 Å². The third-order valence-electron chi connectivity index (χ3n) is 7.29. The van der Waals surface area contributed by atoms with Gasteiger partial charge in [0.05, 0.1) is 6.26 Å². The van der Waals surface area contributed by atoms with Gasteiger partial charge in [0.15, 0.2) is 11.2 Å². The summed E-state index contributed by atoms with van der Waals surface area (Å²) in [5.41, 5.74) is 6.23. The lowest BCUT2D eigenvalue weighted by molar-refractivity contribution is 0.612. The van der Waals surface area contributed by atoms with E-state index in [1.807, 2.05) is 23.9 Å². The number of fused-ring (bicyclic) bond motifs is 9. The third-order valence-corrected chi connectivity index (χ3v) is 8.67. The Morgan fingerprint density at radius 2 is 1.50 bits per heavy atom. The highest BCUT2D eigenvalue weighted by Crippen LogP contribution is 2.54. The second kappa shape index (κ2) is 7.67. The van der Waals surface area contributed by atoms with Crippen molar-refractivity contribution in [1.82, 2.24) is 0 Å². The molecule has 0 saturated heterocycles. The van der Waals surface area contributed by atoms with Gasteiger partial charge in [0.1, 0.15) is 5.76 Å². The summed E-state index contributed by atoms with van der Waals surface area (Å²) in [5.74, 6) is 1.19. The molecule has 4 heteroatoms. The predicted molar refractivity (Wildman–Crippen MR) is 149 cm³/mol. The molecular formula is C32H21NO2S. The van der Waals surface area contributed by atoms with Crippen molar-refractivity contribution in [1.29, 1.82) is 0 Å². The van der Waals surface area contributed by atoms with Gasteiger partial charge in [-0.25, -0.2) is 0 Å². The summed E-state index contributed by atoms with van der Waals surface area (Å²) in [4.78, 5) is 1.43. The number of allylic oxidation sites excluding steroid dienone is 2. The summed E-state index contributed by atoms with van der Waals surface area (Å²) in [6.45, 7) is 0. The Morgan fingerprint density at radius 1 is 0.750 bits per heavy atom. The van der Waals surface area contributed by atoms with Gasteiger partial charge in [-0.15, -0.1) is 11.8 Å². The Morgan fingerprint density at radius 3 is 2.31 bits per heavy atom. The maximum atomic E-state index is 5.88. The Bertz CT molecular complexity index is 1830. The fourth-order valence-corrected chi connectivity index (χ4v) is 7.17. The zero-order valence-electron chi connectivity index (χ0n) is 19.3. The Balaban J connectivity index is 1.10. The summed E-state index contributed by atoms with van der Waals surface area (Å²) in [6, 6.07) is 29.8. The van der Waals surface area contributed by atoms with Crippen molar-refractivity contribution in [2.45, 2.75) is 16.1 Å². The molecule has 0 bridgehead atoms. The molecule has 1 aliphatic carbocycles. The van der Waals surface area contributed by atoms with E-state index in [4.69, 9.17) is 8.83 Å². The fourth-order valence-electron chi connectivity index (χ4n) is 5.63. The largest absolute Gasteiger partial charge is 0.461 e. The molecule has 0 saturated carbocycles. The van der Waals surface area contributed by atoms with E-state index < -0.39 is 0 Å². The van der Waals surface area contributed by atoms with E-state index in [-0.39, 0.29) is 0 Å². The van der Waals surface area contributed by atoms with Crippen LogP contribution in [0, 0.1) is 0 Å². The van der Waals surface area contributed by atoms with Crippen molar-refractivity contribution < 1.29 is 8.83 Å². The maximum Gasteiger partial charge on any atom is 0.173 e. The van der Waals surface area contributed by atoms with Gasteiger partial charge in [0, 0.05) is 45.1 Å². The predicted octanol–water partition coefficient (Wildman–Crippen LogP) is 9.12. The van der Waals surface area contributed by atoms with Crippen LogP contribution in [-0.2, 0) is 0 Å². The van der Waals surface area contributed by atoms with Crippen LogP contribution in [-0.4, -0.2) is 5.25 Å². The second-order valence-corrected chi connectivity index (χ2v) is 10.6. The van der Waals surface area contributed by atoms with Crippen molar-refractivity contribution >= 4 is 50.2 Å². The van der Waals surface area contributed by atoms with Crippen LogP contribution in [0.4, 0.5) is 5.69 Å². The number of nitrogens with one attached hydrogen (secondary N) is 1. The fraction of sp³-hybridized carbons (Fsp3) is 0.0625. The molecule has 2 unspecified atom stereocenters. The number of benzene rings is 4. The van der Waals surface area contributed by atoms with E-state index in [1.54, 1.807) is 6.26 Å². The van der Waals surface area contributed by atoms with Gasteiger partial charge < -0.3 is 14.2 Å². The molecule has 4 aromatic carbocycles. The molecule has 1 N–H and O–H groups in total. The molecular weight excluding hydrogens is 462 g/mol. The minimum atomic E-state index is 0.375.